The molecule has 0 saturated carbocycles. The molecule has 0 bridgehead atoms. The normalized spacial score (nSPS) is 10.5. The van der Waals surface area contributed by atoms with E-state index in [2.05, 4.69) is 20.7 Å². The van der Waals surface area contributed by atoms with Crippen molar-refractivity contribution >= 4 is 17.5 Å². The van der Waals surface area contributed by atoms with Crippen LogP contribution in [-0.4, -0.2) is 27.7 Å². The third-order valence-corrected chi connectivity index (χ3v) is 2.69. The summed E-state index contributed by atoms with van der Waals surface area (Å²) in [5, 5.41) is 9.92. The van der Waals surface area contributed by atoms with Gasteiger partial charge in [0.05, 0.1) is 11.8 Å². The van der Waals surface area contributed by atoms with Gasteiger partial charge in [-0.1, -0.05) is 0 Å². The number of nitrogens with one attached hydrogen (secondary N) is 2. The minimum atomic E-state index is -0.208. The van der Waals surface area contributed by atoms with E-state index in [1.807, 2.05) is 13.8 Å². The summed E-state index contributed by atoms with van der Waals surface area (Å²) < 4.78 is 1.76. The fourth-order valence-electron chi connectivity index (χ4n) is 1.80. The van der Waals surface area contributed by atoms with Crippen LogP contribution < -0.4 is 10.6 Å². The smallest absolute Gasteiger partial charge is 0.260 e. The number of nitrogens with zero attached hydrogens (tertiary/aromatic N) is 3. The topological polar surface area (TPSA) is 71.8 Å². The lowest BCUT2D eigenvalue weighted by Crippen LogP contribution is -2.18. The summed E-state index contributed by atoms with van der Waals surface area (Å²) in [4.78, 5) is 16.3. The maximum Gasteiger partial charge on any atom is 0.260 e. The Morgan fingerprint density at radius 1 is 1.32 bits per heavy atom. The molecule has 0 unspecified atom stereocenters. The van der Waals surface area contributed by atoms with Gasteiger partial charge in [0.15, 0.2) is 0 Å². The van der Waals surface area contributed by atoms with Gasteiger partial charge in [0, 0.05) is 25.4 Å². The summed E-state index contributed by atoms with van der Waals surface area (Å²) in [6.45, 7) is 4.01. The average molecular weight is 259 g/mol. The van der Waals surface area contributed by atoms with Crippen molar-refractivity contribution in [3.05, 3.63) is 36.2 Å². The highest BCUT2D eigenvalue weighted by Gasteiger charge is 2.14. The fourth-order valence-corrected chi connectivity index (χ4v) is 1.80. The van der Waals surface area contributed by atoms with Crippen LogP contribution in [0.1, 0.15) is 30.2 Å². The Morgan fingerprint density at radius 2 is 2.11 bits per heavy atom. The highest BCUT2D eigenvalue weighted by molar-refractivity contribution is 6.07. The molecule has 1 amide bonds. The van der Waals surface area contributed by atoms with Crippen molar-refractivity contribution < 1.29 is 4.79 Å². The summed E-state index contributed by atoms with van der Waals surface area (Å²) >= 11 is 0. The molecule has 2 rings (SSSR count). The van der Waals surface area contributed by atoms with E-state index < -0.39 is 0 Å². The van der Waals surface area contributed by atoms with Gasteiger partial charge in [0.25, 0.3) is 5.91 Å². The van der Waals surface area contributed by atoms with Gasteiger partial charge in [-0.2, -0.15) is 5.10 Å². The molecule has 0 spiro atoms. The molecular formula is C13H17N5O. The zero-order chi connectivity index (χ0) is 13.8. The summed E-state index contributed by atoms with van der Waals surface area (Å²) in [6.07, 6.45) is 3.30. The standard InChI is InChI=1S/C13H17N5O/c1-9(2)18-11(6-8-16-18)17-13(19)10-5-4-7-15-12(10)14-3/h4-9H,1-3H3,(H,14,15)(H,17,19). The predicted molar refractivity (Wildman–Crippen MR) is 74.3 cm³/mol. The Morgan fingerprint density at radius 3 is 2.79 bits per heavy atom. The first-order valence-electron chi connectivity index (χ1n) is 6.11. The largest absolute Gasteiger partial charge is 0.372 e. The van der Waals surface area contributed by atoms with Gasteiger partial charge >= 0.3 is 0 Å². The molecule has 0 radical (unpaired) electrons. The number of pyridine rings is 1. The van der Waals surface area contributed by atoms with Crippen LogP contribution in [0.5, 0.6) is 0 Å². The van der Waals surface area contributed by atoms with Crippen molar-refractivity contribution in [2.45, 2.75) is 19.9 Å². The van der Waals surface area contributed by atoms with Crippen molar-refractivity contribution in [2.75, 3.05) is 17.7 Å². The van der Waals surface area contributed by atoms with E-state index in [0.29, 0.717) is 17.2 Å². The molecule has 0 aliphatic rings. The summed E-state index contributed by atoms with van der Waals surface area (Å²) in [7, 11) is 1.73. The maximum absolute atomic E-state index is 12.2. The molecule has 0 fully saturated rings. The number of anilines is 2. The average Bonchev–Trinajstić information content (AvgIpc) is 2.87. The van der Waals surface area contributed by atoms with Crippen molar-refractivity contribution in [1.29, 1.82) is 0 Å². The molecule has 2 aromatic rings. The van der Waals surface area contributed by atoms with Crippen LogP contribution in [0.4, 0.5) is 11.6 Å². The Labute approximate surface area is 111 Å². The first-order chi connectivity index (χ1) is 9.13. The second kappa shape index (κ2) is 5.51. The van der Waals surface area contributed by atoms with Gasteiger partial charge in [-0.15, -0.1) is 0 Å². The molecule has 100 valence electrons. The van der Waals surface area contributed by atoms with E-state index in [-0.39, 0.29) is 11.9 Å². The number of hydrogen-bond acceptors (Lipinski definition) is 4. The van der Waals surface area contributed by atoms with Gasteiger partial charge in [-0.3, -0.25) is 4.79 Å². The number of amides is 1. The molecule has 2 heterocycles. The molecular weight excluding hydrogens is 242 g/mol. The van der Waals surface area contributed by atoms with E-state index in [0.717, 1.165) is 0 Å². The first-order valence-corrected chi connectivity index (χ1v) is 6.11. The second-order valence-corrected chi connectivity index (χ2v) is 4.36. The van der Waals surface area contributed by atoms with Crippen molar-refractivity contribution in [3.63, 3.8) is 0 Å². The lowest BCUT2D eigenvalue weighted by Gasteiger charge is -2.12. The number of aromatic nitrogens is 3. The van der Waals surface area contributed by atoms with Crippen molar-refractivity contribution in [1.82, 2.24) is 14.8 Å². The van der Waals surface area contributed by atoms with Gasteiger partial charge in [0.1, 0.15) is 11.6 Å². The maximum atomic E-state index is 12.2. The first kappa shape index (κ1) is 13.1. The summed E-state index contributed by atoms with van der Waals surface area (Å²) in [5.74, 6) is 1.02. The minimum absolute atomic E-state index is 0.183. The molecule has 2 N–H and O–H groups in total. The Bertz CT molecular complexity index is 576. The van der Waals surface area contributed by atoms with Crippen LogP contribution in [0.2, 0.25) is 0 Å². The molecule has 19 heavy (non-hydrogen) atoms. The third-order valence-electron chi connectivity index (χ3n) is 2.69. The van der Waals surface area contributed by atoms with Crippen molar-refractivity contribution in [2.24, 2.45) is 0 Å². The van der Waals surface area contributed by atoms with E-state index in [1.165, 1.54) is 0 Å². The number of carbonyl (C=O) groups is 1. The quantitative estimate of drug-likeness (QED) is 0.882. The molecule has 0 saturated heterocycles. The van der Waals surface area contributed by atoms with Crippen LogP contribution in [0, 0.1) is 0 Å². The SMILES string of the molecule is CNc1ncccc1C(=O)Nc1ccnn1C(C)C. The Balaban J connectivity index is 2.23. The highest BCUT2D eigenvalue weighted by Crippen LogP contribution is 2.16. The van der Waals surface area contributed by atoms with Crippen LogP contribution in [-0.2, 0) is 0 Å². The van der Waals surface area contributed by atoms with Crippen LogP contribution in [0.3, 0.4) is 0 Å². The molecule has 0 aromatic carbocycles. The predicted octanol–water partition coefficient (Wildman–Crippen LogP) is 2.15. The Kier molecular flexibility index (Phi) is 3.79. The van der Waals surface area contributed by atoms with Crippen molar-refractivity contribution in [3.8, 4) is 0 Å². The van der Waals surface area contributed by atoms with E-state index in [9.17, 15) is 4.79 Å². The zero-order valence-electron chi connectivity index (χ0n) is 11.2. The van der Waals surface area contributed by atoms with Gasteiger partial charge in [0.2, 0.25) is 0 Å². The number of carbonyl (C=O) groups excluding carboxylic acids is 1. The molecule has 0 atom stereocenters. The van der Waals surface area contributed by atoms with E-state index in [1.54, 1.807) is 42.3 Å². The molecule has 6 nitrogen and oxygen atoms in total. The van der Waals surface area contributed by atoms with Gasteiger partial charge < -0.3 is 10.6 Å². The summed E-state index contributed by atoms with van der Waals surface area (Å²) in [6, 6.07) is 5.41. The van der Waals surface area contributed by atoms with Crippen LogP contribution in [0.15, 0.2) is 30.6 Å². The third kappa shape index (κ3) is 2.73. The molecule has 0 aliphatic heterocycles. The molecule has 0 aliphatic carbocycles. The van der Waals surface area contributed by atoms with Crippen LogP contribution in [0.25, 0.3) is 0 Å². The van der Waals surface area contributed by atoms with Gasteiger partial charge in [-0.25, -0.2) is 9.67 Å². The van der Waals surface area contributed by atoms with Crippen LogP contribution >= 0.6 is 0 Å². The number of hydrogen-bond donors (Lipinski definition) is 2. The highest BCUT2D eigenvalue weighted by atomic mass is 16.1. The van der Waals surface area contributed by atoms with E-state index >= 15 is 0 Å². The number of rotatable bonds is 4. The molecule has 2 aromatic heterocycles. The van der Waals surface area contributed by atoms with Gasteiger partial charge in [-0.05, 0) is 26.0 Å². The summed E-state index contributed by atoms with van der Waals surface area (Å²) in [5.41, 5.74) is 0.501. The monoisotopic (exact) mass is 259 g/mol. The molecule has 6 heteroatoms. The second-order valence-electron chi connectivity index (χ2n) is 4.36. The minimum Gasteiger partial charge on any atom is -0.372 e. The lowest BCUT2D eigenvalue weighted by atomic mass is 10.2. The Hall–Kier alpha value is -2.37. The van der Waals surface area contributed by atoms with E-state index in [4.69, 9.17) is 0 Å². The fraction of sp³-hybridized carbons (Fsp3) is 0.308. The zero-order valence-corrected chi connectivity index (χ0v) is 11.2. The lowest BCUT2D eigenvalue weighted by molar-refractivity contribution is 0.102.